The number of benzene rings is 1. The summed E-state index contributed by atoms with van der Waals surface area (Å²) in [6.45, 7) is 4.54. The van der Waals surface area contributed by atoms with Crippen LogP contribution in [0.25, 0.3) is 0 Å². The highest BCUT2D eigenvalue weighted by molar-refractivity contribution is 7.80. The Balaban J connectivity index is 2.54. The van der Waals surface area contributed by atoms with Crippen LogP contribution < -0.4 is 15.4 Å². The first-order chi connectivity index (χ1) is 9.17. The van der Waals surface area contributed by atoms with Gasteiger partial charge in [-0.1, -0.05) is 25.5 Å². The molecule has 2 N–H and O–H groups in total. The van der Waals surface area contributed by atoms with Gasteiger partial charge in [-0.2, -0.15) is 0 Å². The lowest BCUT2D eigenvalue weighted by molar-refractivity contribution is -0.119. The SMILES string of the molecule is CCCCC(=O)NC(=S)Nc1ccccc1OCC. The molecule has 0 bridgehead atoms. The van der Waals surface area contributed by atoms with E-state index in [-0.39, 0.29) is 5.91 Å². The van der Waals surface area contributed by atoms with Gasteiger partial charge in [0.15, 0.2) is 5.11 Å². The number of para-hydroxylation sites is 2. The highest BCUT2D eigenvalue weighted by Crippen LogP contribution is 2.23. The predicted molar refractivity (Wildman–Crippen MR) is 81.5 cm³/mol. The Kier molecular flexibility index (Phi) is 6.89. The number of hydrogen-bond acceptors (Lipinski definition) is 3. The molecule has 1 rings (SSSR count). The van der Waals surface area contributed by atoms with Crippen molar-refractivity contribution >= 4 is 28.9 Å². The van der Waals surface area contributed by atoms with Crippen molar-refractivity contribution in [3.05, 3.63) is 24.3 Å². The summed E-state index contributed by atoms with van der Waals surface area (Å²) < 4.78 is 5.47. The Morgan fingerprint density at radius 1 is 1.32 bits per heavy atom. The second kappa shape index (κ2) is 8.48. The molecule has 0 fully saturated rings. The number of rotatable bonds is 6. The van der Waals surface area contributed by atoms with E-state index in [4.69, 9.17) is 17.0 Å². The first-order valence-corrected chi connectivity index (χ1v) is 6.90. The van der Waals surface area contributed by atoms with Crippen LogP contribution >= 0.6 is 12.2 Å². The zero-order valence-electron chi connectivity index (χ0n) is 11.4. The molecule has 0 heterocycles. The largest absolute Gasteiger partial charge is 0.492 e. The van der Waals surface area contributed by atoms with Crippen molar-refractivity contribution < 1.29 is 9.53 Å². The molecule has 1 aromatic rings. The predicted octanol–water partition coefficient (Wildman–Crippen LogP) is 3.09. The van der Waals surface area contributed by atoms with Gasteiger partial charge in [0.1, 0.15) is 5.75 Å². The molecule has 0 aliphatic heterocycles. The summed E-state index contributed by atoms with van der Waals surface area (Å²) in [7, 11) is 0. The molecule has 104 valence electrons. The van der Waals surface area contributed by atoms with Crippen molar-refractivity contribution in [1.29, 1.82) is 0 Å². The molecule has 4 nitrogen and oxygen atoms in total. The molecule has 5 heteroatoms. The van der Waals surface area contributed by atoms with Crippen LogP contribution in [0.5, 0.6) is 5.75 Å². The van der Waals surface area contributed by atoms with Gasteiger partial charge in [0.25, 0.3) is 0 Å². The van der Waals surface area contributed by atoms with Crippen LogP contribution in [-0.2, 0) is 4.79 Å². The lowest BCUT2D eigenvalue weighted by Gasteiger charge is -2.13. The smallest absolute Gasteiger partial charge is 0.226 e. The van der Waals surface area contributed by atoms with E-state index in [1.54, 1.807) is 0 Å². The van der Waals surface area contributed by atoms with Crippen molar-refractivity contribution in [1.82, 2.24) is 5.32 Å². The molecule has 0 radical (unpaired) electrons. The fraction of sp³-hybridized carbons (Fsp3) is 0.429. The molecule has 0 atom stereocenters. The zero-order valence-corrected chi connectivity index (χ0v) is 12.2. The average molecular weight is 280 g/mol. The Morgan fingerprint density at radius 3 is 2.74 bits per heavy atom. The summed E-state index contributed by atoms with van der Waals surface area (Å²) in [6, 6.07) is 7.48. The Morgan fingerprint density at radius 2 is 2.05 bits per heavy atom. The van der Waals surface area contributed by atoms with Crippen LogP contribution in [0.15, 0.2) is 24.3 Å². The van der Waals surface area contributed by atoms with Gasteiger partial charge < -0.3 is 15.4 Å². The van der Waals surface area contributed by atoms with Crippen LogP contribution in [0.1, 0.15) is 33.1 Å². The van der Waals surface area contributed by atoms with Crippen molar-refractivity contribution in [2.45, 2.75) is 33.1 Å². The molecular weight excluding hydrogens is 260 g/mol. The normalized spacial score (nSPS) is 9.79. The number of carbonyl (C=O) groups excluding carboxylic acids is 1. The highest BCUT2D eigenvalue weighted by Gasteiger charge is 2.07. The van der Waals surface area contributed by atoms with Gasteiger partial charge in [-0.3, -0.25) is 4.79 Å². The van der Waals surface area contributed by atoms with E-state index in [9.17, 15) is 4.79 Å². The third-order valence-corrected chi connectivity index (χ3v) is 2.65. The van der Waals surface area contributed by atoms with E-state index >= 15 is 0 Å². The Labute approximate surface area is 119 Å². The molecular formula is C14H20N2O2S. The van der Waals surface area contributed by atoms with Crippen LogP contribution in [0.4, 0.5) is 5.69 Å². The monoisotopic (exact) mass is 280 g/mol. The molecule has 0 saturated heterocycles. The maximum absolute atomic E-state index is 11.5. The number of carbonyl (C=O) groups is 1. The maximum atomic E-state index is 11.5. The number of amides is 1. The highest BCUT2D eigenvalue weighted by atomic mass is 32.1. The molecule has 1 aromatic carbocycles. The molecule has 0 spiro atoms. The van der Waals surface area contributed by atoms with Crippen LogP contribution in [-0.4, -0.2) is 17.6 Å². The first kappa shape index (κ1) is 15.4. The average Bonchev–Trinajstić information content (AvgIpc) is 2.39. The minimum absolute atomic E-state index is 0.0618. The zero-order chi connectivity index (χ0) is 14.1. The quantitative estimate of drug-likeness (QED) is 0.786. The molecule has 19 heavy (non-hydrogen) atoms. The summed E-state index contributed by atoms with van der Waals surface area (Å²) >= 11 is 5.11. The molecule has 0 saturated carbocycles. The molecule has 0 unspecified atom stereocenters. The van der Waals surface area contributed by atoms with Gasteiger partial charge in [0.05, 0.1) is 12.3 Å². The minimum atomic E-state index is -0.0618. The topological polar surface area (TPSA) is 50.4 Å². The standard InChI is InChI=1S/C14H20N2O2S/c1-3-5-10-13(17)16-14(19)15-11-8-6-7-9-12(11)18-4-2/h6-9H,3-5,10H2,1-2H3,(H2,15,16,17,19). The summed E-state index contributed by atoms with van der Waals surface area (Å²) in [6.07, 6.45) is 2.34. The lowest BCUT2D eigenvalue weighted by Crippen LogP contribution is -2.34. The molecule has 0 aliphatic carbocycles. The van der Waals surface area contributed by atoms with E-state index in [1.165, 1.54) is 0 Å². The van der Waals surface area contributed by atoms with E-state index in [2.05, 4.69) is 10.6 Å². The summed E-state index contributed by atoms with van der Waals surface area (Å²) in [4.78, 5) is 11.5. The third kappa shape index (κ3) is 5.70. The minimum Gasteiger partial charge on any atom is -0.492 e. The maximum Gasteiger partial charge on any atom is 0.226 e. The van der Waals surface area contributed by atoms with Crippen molar-refractivity contribution in [2.75, 3.05) is 11.9 Å². The van der Waals surface area contributed by atoms with Crippen LogP contribution in [0, 0.1) is 0 Å². The number of thiocarbonyl (C=S) groups is 1. The van der Waals surface area contributed by atoms with Gasteiger partial charge in [0, 0.05) is 6.42 Å². The molecule has 0 aliphatic rings. The Hall–Kier alpha value is -1.62. The molecule has 1 amide bonds. The van der Waals surface area contributed by atoms with Crippen LogP contribution in [0.3, 0.4) is 0 Å². The summed E-state index contributed by atoms with van der Waals surface area (Å²) in [5, 5.41) is 5.93. The van der Waals surface area contributed by atoms with E-state index in [0.717, 1.165) is 24.3 Å². The van der Waals surface area contributed by atoms with Crippen molar-refractivity contribution in [3.63, 3.8) is 0 Å². The van der Waals surface area contributed by atoms with Crippen molar-refractivity contribution in [3.8, 4) is 5.75 Å². The van der Waals surface area contributed by atoms with Gasteiger partial charge in [0.2, 0.25) is 5.91 Å². The fourth-order valence-corrected chi connectivity index (χ4v) is 1.76. The van der Waals surface area contributed by atoms with Gasteiger partial charge in [-0.25, -0.2) is 0 Å². The number of ether oxygens (including phenoxy) is 1. The van der Waals surface area contributed by atoms with E-state index in [1.807, 2.05) is 38.1 Å². The van der Waals surface area contributed by atoms with Crippen molar-refractivity contribution in [2.24, 2.45) is 0 Å². The summed E-state index contributed by atoms with van der Waals surface area (Å²) in [5.41, 5.74) is 0.755. The second-order valence-electron chi connectivity index (χ2n) is 4.04. The second-order valence-corrected chi connectivity index (χ2v) is 4.44. The third-order valence-electron chi connectivity index (χ3n) is 2.45. The van der Waals surface area contributed by atoms with E-state index < -0.39 is 0 Å². The first-order valence-electron chi connectivity index (χ1n) is 6.50. The number of anilines is 1. The van der Waals surface area contributed by atoms with Gasteiger partial charge >= 0.3 is 0 Å². The number of nitrogens with one attached hydrogen (secondary N) is 2. The molecule has 0 aromatic heterocycles. The summed E-state index contributed by atoms with van der Waals surface area (Å²) in [5.74, 6) is 0.656. The number of hydrogen-bond donors (Lipinski definition) is 2. The number of unbranched alkanes of at least 4 members (excludes halogenated alkanes) is 1. The van der Waals surface area contributed by atoms with Gasteiger partial charge in [-0.15, -0.1) is 0 Å². The van der Waals surface area contributed by atoms with Gasteiger partial charge in [-0.05, 0) is 37.7 Å². The lowest BCUT2D eigenvalue weighted by atomic mass is 10.2. The van der Waals surface area contributed by atoms with Crippen LogP contribution in [0.2, 0.25) is 0 Å². The van der Waals surface area contributed by atoms with E-state index in [0.29, 0.717) is 18.1 Å². The fourth-order valence-electron chi connectivity index (χ4n) is 1.53. The Bertz CT molecular complexity index is 435.